The lowest BCUT2D eigenvalue weighted by Gasteiger charge is -2.12. The molecule has 0 amide bonds. The topological polar surface area (TPSA) is 60.3 Å². The number of hydrogen-bond acceptors (Lipinski definition) is 5. The molecule has 1 N–H and O–H groups in total. The molecule has 1 rings (SSSR count). The first-order valence-electron chi connectivity index (χ1n) is 6.30. The molecule has 106 valence electrons. The molecule has 1 aromatic carbocycles. The van der Waals surface area contributed by atoms with E-state index in [4.69, 9.17) is 19.4 Å². The van der Waals surface area contributed by atoms with Gasteiger partial charge in [0.25, 0.3) is 0 Å². The molecule has 0 aliphatic heterocycles. The van der Waals surface area contributed by atoms with Crippen molar-refractivity contribution in [3.8, 4) is 11.5 Å². The minimum atomic E-state index is 0.443. The van der Waals surface area contributed by atoms with E-state index < -0.39 is 0 Å². The van der Waals surface area contributed by atoms with Gasteiger partial charge in [-0.2, -0.15) is 0 Å². The van der Waals surface area contributed by atoms with E-state index in [2.05, 4.69) is 12.1 Å². The van der Waals surface area contributed by atoms with E-state index in [1.54, 1.807) is 32.2 Å². The zero-order valence-electron chi connectivity index (χ0n) is 11.7. The molecular weight excluding hydrogens is 246 g/mol. The van der Waals surface area contributed by atoms with E-state index in [0.717, 1.165) is 18.6 Å². The first-order chi connectivity index (χ1) is 9.22. The summed E-state index contributed by atoms with van der Waals surface area (Å²) in [4.78, 5) is 0. The van der Waals surface area contributed by atoms with Crippen molar-refractivity contribution in [2.45, 2.75) is 20.3 Å². The molecular formula is C14H21NO4. The molecule has 0 unspecified atom stereocenters. The first-order valence-corrected chi connectivity index (χ1v) is 6.30. The van der Waals surface area contributed by atoms with Gasteiger partial charge in [-0.3, -0.25) is 0 Å². The van der Waals surface area contributed by atoms with Crippen LogP contribution in [0.4, 0.5) is 0 Å². The third kappa shape index (κ3) is 4.79. The van der Waals surface area contributed by atoms with Gasteiger partial charge in [0.05, 0.1) is 19.4 Å². The Kier molecular flexibility index (Phi) is 6.74. The minimum Gasteiger partial charge on any atom is -0.497 e. The quantitative estimate of drug-likeness (QED) is 0.340. The average Bonchev–Trinajstić information content (AvgIpc) is 2.46. The molecule has 0 radical (unpaired) electrons. The number of ether oxygens (including phenoxy) is 3. The fraction of sp³-hybridized carbons (Fsp3) is 0.500. The molecule has 0 bridgehead atoms. The highest BCUT2D eigenvalue weighted by Crippen LogP contribution is 2.25. The zero-order chi connectivity index (χ0) is 14.1. The maximum Gasteiger partial charge on any atom is 0.132 e. The monoisotopic (exact) mass is 267 g/mol. The summed E-state index contributed by atoms with van der Waals surface area (Å²) in [6.45, 7) is 5.47. The van der Waals surface area contributed by atoms with E-state index >= 15 is 0 Å². The number of methoxy groups -OCH3 is 1. The molecule has 0 saturated heterocycles. The molecule has 0 saturated carbocycles. The van der Waals surface area contributed by atoms with Gasteiger partial charge in [-0.15, -0.1) is 0 Å². The predicted molar refractivity (Wildman–Crippen MR) is 73.6 cm³/mol. The molecule has 19 heavy (non-hydrogen) atoms. The standard InChI is InChI=1S/C14H21NO4/c1-4-7-18-8-9-19-14-10-12(17-3)5-6-13(14)11(2)15-16/h5-6,10,16H,4,7-9H2,1-3H3/b15-11+. The van der Waals surface area contributed by atoms with Gasteiger partial charge >= 0.3 is 0 Å². The Hall–Kier alpha value is -1.75. The van der Waals surface area contributed by atoms with Gasteiger partial charge < -0.3 is 19.4 Å². The van der Waals surface area contributed by atoms with Crippen LogP contribution in [0.15, 0.2) is 23.4 Å². The summed E-state index contributed by atoms with van der Waals surface area (Å²) < 4.78 is 16.2. The van der Waals surface area contributed by atoms with Crippen LogP contribution in [0, 0.1) is 0 Å². The number of benzene rings is 1. The van der Waals surface area contributed by atoms with Gasteiger partial charge in [-0.05, 0) is 25.5 Å². The lowest BCUT2D eigenvalue weighted by atomic mass is 10.1. The average molecular weight is 267 g/mol. The Morgan fingerprint density at radius 2 is 2.05 bits per heavy atom. The number of hydrogen-bond donors (Lipinski definition) is 1. The number of oxime groups is 1. The molecule has 0 heterocycles. The summed E-state index contributed by atoms with van der Waals surface area (Å²) in [5.41, 5.74) is 1.23. The van der Waals surface area contributed by atoms with E-state index in [0.29, 0.717) is 30.4 Å². The van der Waals surface area contributed by atoms with Gasteiger partial charge in [-0.1, -0.05) is 12.1 Å². The zero-order valence-corrected chi connectivity index (χ0v) is 11.7. The van der Waals surface area contributed by atoms with Crippen molar-refractivity contribution in [3.05, 3.63) is 23.8 Å². The van der Waals surface area contributed by atoms with Crippen LogP contribution in [0.1, 0.15) is 25.8 Å². The van der Waals surface area contributed by atoms with Gasteiger partial charge in [0.15, 0.2) is 0 Å². The van der Waals surface area contributed by atoms with Gasteiger partial charge in [0.2, 0.25) is 0 Å². The van der Waals surface area contributed by atoms with Crippen molar-refractivity contribution in [2.24, 2.45) is 5.16 Å². The lowest BCUT2D eigenvalue weighted by Crippen LogP contribution is -2.09. The molecule has 0 aromatic heterocycles. The molecule has 0 spiro atoms. The van der Waals surface area contributed by atoms with Crippen molar-refractivity contribution in [1.82, 2.24) is 0 Å². The fourth-order valence-electron chi connectivity index (χ4n) is 1.56. The Balaban J connectivity index is 2.72. The Morgan fingerprint density at radius 1 is 1.26 bits per heavy atom. The molecule has 5 nitrogen and oxygen atoms in total. The SMILES string of the molecule is CCCOCCOc1cc(OC)ccc1/C(C)=N/O. The van der Waals surface area contributed by atoms with Crippen LogP contribution >= 0.6 is 0 Å². The van der Waals surface area contributed by atoms with Crippen molar-refractivity contribution < 1.29 is 19.4 Å². The highest BCUT2D eigenvalue weighted by atomic mass is 16.5. The van der Waals surface area contributed by atoms with E-state index in [1.165, 1.54) is 0 Å². The smallest absolute Gasteiger partial charge is 0.132 e. The summed E-state index contributed by atoms with van der Waals surface area (Å²) in [7, 11) is 1.59. The van der Waals surface area contributed by atoms with Crippen LogP contribution in [-0.4, -0.2) is 37.8 Å². The second-order valence-electron chi connectivity index (χ2n) is 4.01. The van der Waals surface area contributed by atoms with Crippen LogP contribution in [0.3, 0.4) is 0 Å². The van der Waals surface area contributed by atoms with Crippen LogP contribution in [0.25, 0.3) is 0 Å². The summed E-state index contributed by atoms with van der Waals surface area (Å²) in [6.07, 6.45) is 0.987. The molecule has 0 fully saturated rings. The van der Waals surface area contributed by atoms with Gasteiger partial charge in [0, 0.05) is 18.2 Å². The lowest BCUT2D eigenvalue weighted by molar-refractivity contribution is 0.100. The predicted octanol–water partition coefficient (Wildman–Crippen LogP) is 2.70. The summed E-state index contributed by atoms with van der Waals surface area (Å²) in [6, 6.07) is 5.37. The van der Waals surface area contributed by atoms with E-state index in [1.807, 2.05) is 0 Å². The minimum absolute atomic E-state index is 0.443. The third-order valence-corrected chi connectivity index (χ3v) is 2.56. The van der Waals surface area contributed by atoms with Crippen molar-refractivity contribution in [3.63, 3.8) is 0 Å². The summed E-state index contributed by atoms with van der Waals surface area (Å²) in [5, 5.41) is 12.1. The molecule has 0 aliphatic carbocycles. The molecule has 5 heteroatoms. The fourth-order valence-corrected chi connectivity index (χ4v) is 1.56. The first kappa shape index (κ1) is 15.3. The molecule has 0 atom stereocenters. The highest BCUT2D eigenvalue weighted by molar-refractivity contribution is 6.00. The molecule has 0 aliphatic rings. The van der Waals surface area contributed by atoms with Crippen LogP contribution in [-0.2, 0) is 4.74 Å². The van der Waals surface area contributed by atoms with Crippen molar-refractivity contribution in [2.75, 3.05) is 26.9 Å². The molecule has 1 aromatic rings. The second-order valence-corrected chi connectivity index (χ2v) is 4.01. The van der Waals surface area contributed by atoms with Crippen LogP contribution in [0.5, 0.6) is 11.5 Å². The van der Waals surface area contributed by atoms with Gasteiger partial charge in [0.1, 0.15) is 18.1 Å². The maximum absolute atomic E-state index is 8.86. The van der Waals surface area contributed by atoms with Crippen LogP contribution in [0.2, 0.25) is 0 Å². The number of nitrogens with zero attached hydrogens (tertiary/aromatic N) is 1. The van der Waals surface area contributed by atoms with Crippen molar-refractivity contribution in [1.29, 1.82) is 0 Å². The van der Waals surface area contributed by atoms with Gasteiger partial charge in [-0.25, -0.2) is 0 Å². The van der Waals surface area contributed by atoms with E-state index in [-0.39, 0.29) is 0 Å². The second kappa shape index (κ2) is 8.37. The summed E-state index contributed by atoms with van der Waals surface area (Å²) in [5.74, 6) is 1.31. The van der Waals surface area contributed by atoms with Crippen LogP contribution < -0.4 is 9.47 Å². The highest BCUT2D eigenvalue weighted by Gasteiger charge is 2.09. The normalized spacial score (nSPS) is 11.4. The Bertz CT molecular complexity index is 418. The third-order valence-electron chi connectivity index (χ3n) is 2.56. The largest absolute Gasteiger partial charge is 0.497 e. The number of rotatable bonds is 8. The Labute approximate surface area is 113 Å². The maximum atomic E-state index is 8.86. The Morgan fingerprint density at radius 3 is 2.68 bits per heavy atom. The summed E-state index contributed by atoms with van der Waals surface area (Å²) >= 11 is 0. The van der Waals surface area contributed by atoms with E-state index in [9.17, 15) is 0 Å². The van der Waals surface area contributed by atoms with Crippen molar-refractivity contribution >= 4 is 5.71 Å².